The van der Waals surface area contributed by atoms with E-state index < -0.39 is 0 Å². The average molecular weight is 538 g/mol. The molecule has 33 heavy (non-hydrogen) atoms. The number of nitrogens with zero attached hydrogens (tertiary/aromatic N) is 1. The Morgan fingerprint density at radius 2 is 1.42 bits per heavy atom. The lowest BCUT2D eigenvalue weighted by Crippen LogP contribution is -2.51. The quantitative estimate of drug-likeness (QED) is 0.187. The Bertz CT molecular complexity index is 632. The first-order valence-corrected chi connectivity index (χ1v) is 17.1. The van der Waals surface area contributed by atoms with Gasteiger partial charge in [-0.3, -0.25) is 14.5 Å². The average Bonchev–Trinajstić information content (AvgIpc) is 3.48. The smallest absolute Gasteiger partial charge is 0.307 e. The van der Waals surface area contributed by atoms with E-state index in [0.717, 1.165) is 48.8 Å². The Labute approximate surface area is 217 Å². The van der Waals surface area contributed by atoms with Crippen molar-refractivity contribution < 1.29 is 19.1 Å². The van der Waals surface area contributed by atoms with Gasteiger partial charge in [0.05, 0.1) is 11.8 Å². The molecule has 0 radical (unpaired) electrons. The van der Waals surface area contributed by atoms with Gasteiger partial charge in [-0.25, -0.2) is 0 Å². The second kappa shape index (κ2) is 13.6. The monoisotopic (exact) mass is 537 g/mol. The Hall–Kier alpha value is 0.300. The van der Waals surface area contributed by atoms with Gasteiger partial charge in [-0.05, 0) is 32.1 Å². The maximum absolute atomic E-state index is 12.7. The Kier molecular flexibility index (Phi) is 12.1. The number of carbonyl (C=O) groups is 2. The predicted octanol–water partition coefficient (Wildman–Crippen LogP) is 6.31. The summed E-state index contributed by atoms with van der Waals surface area (Å²) in [6.45, 7) is 14.6. The van der Waals surface area contributed by atoms with Crippen LogP contribution in [0.5, 0.6) is 0 Å². The van der Waals surface area contributed by atoms with Crippen molar-refractivity contribution in [3.05, 3.63) is 0 Å². The van der Waals surface area contributed by atoms with E-state index in [0.29, 0.717) is 32.1 Å². The Morgan fingerprint density at radius 3 is 1.94 bits per heavy atom. The lowest BCUT2D eigenvalue weighted by atomic mass is 9.85. The van der Waals surface area contributed by atoms with Gasteiger partial charge in [0.15, 0.2) is 0 Å². The SMILES string of the molecule is CCC(C)(C)CCC(=O)OCC1(COC(=O)CCN(C2CSSC2)C(C)(C)CC)CSSC1. The maximum atomic E-state index is 12.7. The van der Waals surface area contributed by atoms with Gasteiger partial charge in [0, 0.05) is 47.6 Å². The molecular formula is C24H43NO4S4. The summed E-state index contributed by atoms with van der Waals surface area (Å²) in [5, 5.41) is 0. The van der Waals surface area contributed by atoms with E-state index in [2.05, 4.69) is 46.4 Å². The summed E-state index contributed by atoms with van der Waals surface area (Å²) in [6, 6.07) is 0.508. The van der Waals surface area contributed by atoms with Crippen molar-refractivity contribution in [1.29, 1.82) is 0 Å². The Balaban J connectivity index is 1.82. The van der Waals surface area contributed by atoms with E-state index in [1.807, 2.05) is 21.6 Å². The number of carbonyl (C=O) groups excluding carboxylic acids is 2. The molecule has 0 atom stereocenters. The van der Waals surface area contributed by atoms with E-state index in [9.17, 15) is 9.59 Å². The highest BCUT2D eigenvalue weighted by Gasteiger charge is 2.39. The number of esters is 2. The van der Waals surface area contributed by atoms with Gasteiger partial charge < -0.3 is 9.47 Å². The lowest BCUT2D eigenvalue weighted by molar-refractivity contribution is -0.152. The molecule has 0 amide bonds. The molecule has 5 nitrogen and oxygen atoms in total. The van der Waals surface area contributed by atoms with E-state index in [1.165, 1.54) is 0 Å². The zero-order valence-electron chi connectivity index (χ0n) is 21.3. The molecule has 2 rings (SSSR count). The maximum Gasteiger partial charge on any atom is 0.307 e. The topological polar surface area (TPSA) is 55.8 Å². The third-order valence-corrected chi connectivity index (χ3v) is 12.5. The summed E-state index contributed by atoms with van der Waals surface area (Å²) in [5.74, 6) is 3.61. The first-order chi connectivity index (χ1) is 15.5. The first kappa shape index (κ1) is 29.5. The van der Waals surface area contributed by atoms with E-state index in [-0.39, 0.29) is 28.3 Å². The highest BCUT2D eigenvalue weighted by atomic mass is 33.1. The van der Waals surface area contributed by atoms with Gasteiger partial charge in [0.25, 0.3) is 0 Å². The highest BCUT2D eigenvalue weighted by Crippen LogP contribution is 2.44. The van der Waals surface area contributed by atoms with Gasteiger partial charge in [-0.15, -0.1) is 0 Å². The molecule has 0 bridgehead atoms. The van der Waals surface area contributed by atoms with Gasteiger partial charge in [0.2, 0.25) is 0 Å². The molecule has 0 spiro atoms. The second-order valence-corrected chi connectivity index (χ2v) is 15.7. The summed E-state index contributed by atoms with van der Waals surface area (Å²) in [4.78, 5) is 27.5. The third kappa shape index (κ3) is 9.70. The highest BCUT2D eigenvalue weighted by molar-refractivity contribution is 8.77. The zero-order chi connectivity index (χ0) is 24.5. The molecule has 2 fully saturated rings. The van der Waals surface area contributed by atoms with Gasteiger partial charge in [-0.1, -0.05) is 77.3 Å². The van der Waals surface area contributed by atoms with Crippen LogP contribution in [0.1, 0.15) is 73.6 Å². The molecule has 2 aliphatic heterocycles. The summed E-state index contributed by atoms with van der Waals surface area (Å²) in [6.07, 6.45) is 3.76. The van der Waals surface area contributed by atoms with Crippen LogP contribution >= 0.6 is 43.2 Å². The van der Waals surface area contributed by atoms with Crippen LogP contribution in [-0.2, 0) is 19.1 Å². The third-order valence-electron chi connectivity index (χ3n) is 7.10. The summed E-state index contributed by atoms with van der Waals surface area (Å²) in [5.41, 5.74) is -0.0552. The minimum atomic E-state index is -0.276. The fourth-order valence-electron chi connectivity index (χ4n) is 3.69. The molecule has 9 heteroatoms. The van der Waals surface area contributed by atoms with Crippen molar-refractivity contribution in [2.24, 2.45) is 10.8 Å². The molecule has 2 saturated heterocycles. The molecule has 0 saturated carbocycles. The molecule has 0 N–H and O–H groups in total. The molecule has 2 heterocycles. The van der Waals surface area contributed by atoms with Gasteiger partial charge in [-0.2, -0.15) is 0 Å². The van der Waals surface area contributed by atoms with Crippen LogP contribution in [0.2, 0.25) is 0 Å². The van der Waals surface area contributed by atoms with Gasteiger partial charge in [0.1, 0.15) is 13.2 Å². The first-order valence-electron chi connectivity index (χ1n) is 12.1. The summed E-state index contributed by atoms with van der Waals surface area (Å²) in [7, 11) is 7.38. The van der Waals surface area contributed by atoms with Gasteiger partial charge >= 0.3 is 11.9 Å². The molecular weight excluding hydrogens is 495 g/mol. The van der Waals surface area contributed by atoms with Crippen molar-refractivity contribution in [2.45, 2.75) is 85.2 Å². The molecule has 0 aromatic rings. The van der Waals surface area contributed by atoms with Crippen LogP contribution in [0.25, 0.3) is 0 Å². The minimum Gasteiger partial charge on any atom is -0.465 e. The lowest BCUT2D eigenvalue weighted by Gasteiger charge is -2.41. The minimum absolute atomic E-state index is 0.0664. The standard InChI is InChI=1S/C24H43NO4S4/c1-7-22(3,4)11-9-20(26)28-15-24(17-32-33-18-24)16-29-21(27)10-12-25(23(5,6)8-2)19-13-30-31-14-19/h19H,7-18H2,1-6H3. The van der Waals surface area contributed by atoms with Crippen LogP contribution in [0.4, 0.5) is 0 Å². The number of hydrogen-bond donors (Lipinski definition) is 0. The van der Waals surface area contributed by atoms with E-state index in [1.54, 1.807) is 21.6 Å². The van der Waals surface area contributed by atoms with E-state index >= 15 is 0 Å². The van der Waals surface area contributed by atoms with Crippen LogP contribution < -0.4 is 0 Å². The normalized spacial score (nSPS) is 19.2. The summed E-state index contributed by atoms with van der Waals surface area (Å²) >= 11 is 0. The number of ether oxygens (including phenoxy) is 2. The fraction of sp³-hybridized carbons (Fsp3) is 0.917. The van der Waals surface area contributed by atoms with Crippen molar-refractivity contribution in [1.82, 2.24) is 4.90 Å². The Morgan fingerprint density at radius 1 is 0.879 bits per heavy atom. The van der Waals surface area contributed by atoms with Crippen LogP contribution in [0.15, 0.2) is 0 Å². The summed E-state index contributed by atoms with van der Waals surface area (Å²) < 4.78 is 11.4. The van der Waals surface area contributed by atoms with Crippen LogP contribution in [-0.4, -0.2) is 71.2 Å². The van der Waals surface area contributed by atoms with E-state index in [4.69, 9.17) is 9.47 Å². The molecule has 192 valence electrons. The van der Waals surface area contributed by atoms with Crippen LogP contribution in [0.3, 0.4) is 0 Å². The molecule has 0 unspecified atom stereocenters. The molecule has 0 aliphatic carbocycles. The zero-order valence-corrected chi connectivity index (χ0v) is 24.5. The fourth-order valence-corrected chi connectivity index (χ4v) is 9.79. The van der Waals surface area contributed by atoms with Crippen LogP contribution in [0, 0.1) is 10.8 Å². The van der Waals surface area contributed by atoms with Crippen molar-refractivity contribution >= 4 is 55.1 Å². The van der Waals surface area contributed by atoms with Crippen molar-refractivity contribution in [3.63, 3.8) is 0 Å². The van der Waals surface area contributed by atoms with Crippen molar-refractivity contribution in [2.75, 3.05) is 42.8 Å². The number of rotatable bonds is 14. The largest absolute Gasteiger partial charge is 0.465 e. The predicted molar refractivity (Wildman–Crippen MR) is 147 cm³/mol. The second-order valence-electron chi connectivity index (χ2n) is 10.7. The number of hydrogen-bond acceptors (Lipinski definition) is 9. The molecule has 0 aromatic heterocycles. The van der Waals surface area contributed by atoms with Crippen molar-refractivity contribution in [3.8, 4) is 0 Å². The molecule has 0 aromatic carbocycles. The molecule has 2 aliphatic rings.